The molecule has 1 rings (SSSR count). The van der Waals surface area contributed by atoms with E-state index in [-0.39, 0.29) is 17.2 Å². The van der Waals surface area contributed by atoms with Gasteiger partial charge in [-0.3, -0.25) is 0 Å². The van der Waals surface area contributed by atoms with Gasteiger partial charge in [0.25, 0.3) is 0 Å². The van der Waals surface area contributed by atoms with Crippen molar-refractivity contribution in [2.45, 2.75) is 32.0 Å². The minimum absolute atomic E-state index is 0.0552. The topological polar surface area (TPSA) is 46.2 Å². The molecule has 2 nitrogen and oxygen atoms in total. The first-order valence-electron chi connectivity index (χ1n) is 4.89. The molecular weight excluding hydrogens is 219 g/mol. The second-order valence-corrected chi connectivity index (χ2v) is 3.96. The first-order chi connectivity index (χ1) is 7.25. The number of hydrogen-bond acceptors (Lipinski definition) is 2. The fourth-order valence-corrected chi connectivity index (χ4v) is 1.47. The van der Waals surface area contributed by atoms with E-state index in [0.717, 1.165) is 0 Å². The highest BCUT2D eigenvalue weighted by Gasteiger charge is 2.39. The highest BCUT2D eigenvalue weighted by Crippen LogP contribution is 2.38. The minimum atomic E-state index is -4.55. The number of phenolic OH excluding ortho intramolecular Hbond substituents is 1. The predicted molar refractivity (Wildman–Crippen MR) is 55.2 cm³/mol. The molecule has 0 aliphatic carbocycles. The normalized spacial score (nSPS) is 14.2. The van der Waals surface area contributed by atoms with Gasteiger partial charge in [0.1, 0.15) is 11.8 Å². The average Bonchev–Trinajstić information content (AvgIpc) is 2.15. The van der Waals surface area contributed by atoms with E-state index in [1.54, 1.807) is 19.9 Å². The molecular formula is C11H14F3NO. The van der Waals surface area contributed by atoms with Crippen LogP contribution in [0.4, 0.5) is 13.2 Å². The minimum Gasteiger partial charge on any atom is -0.507 e. The first kappa shape index (κ1) is 12.8. The Morgan fingerprint density at radius 3 is 2.12 bits per heavy atom. The van der Waals surface area contributed by atoms with Crippen molar-refractivity contribution < 1.29 is 18.3 Å². The summed E-state index contributed by atoms with van der Waals surface area (Å²) < 4.78 is 37.2. The van der Waals surface area contributed by atoms with Crippen LogP contribution >= 0.6 is 0 Å². The van der Waals surface area contributed by atoms with Gasteiger partial charge in [-0.25, -0.2) is 0 Å². The number of para-hydroxylation sites is 1. The maximum absolute atomic E-state index is 12.4. The summed E-state index contributed by atoms with van der Waals surface area (Å²) in [4.78, 5) is 0. The molecule has 0 saturated carbocycles. The molecule has 1 aromatic rings. The van der Waals surface area contributed by atoms with Crippen LogP contribution in [0.3, 0.4) is 0 Å². The molecule has 0 unspecified atom stereocenters. The van der Waals surface area contributed by atoms with E-state index in [0.29, 0.717) is 5.56 Å². The number of aromatic hydroxyl groups is 1. The van der Waals surface area contributed by atoms with Gasteiger partial charge in [0.05, 0.1) is 0 Å². The fraction of sp³-hybridized carbons (Fsp3) is 0.455. The Kier molecular flexibility index (Phi) is 3.48. The lowest BCUT2D eigenvalue weighted by atomic mass is 9.96. The summed E-state index contributed by atoms with van der Waals surface area (Å²) in [6, 6.07) is 2.10. The van der Waals surface area contributed by atoms with Gasteiger partial charge in [-0.05, 0) is 11.5 Å². The van der Waals surface area contributed by atoms with E-state index in [9.17, 15) is 18.3 Å². The van der Waals surface area contributed by atoms with Crippen molar-refractivity contribution in [3.8, 4) is 5.75 Å². The maximum atomic E-state index is 12.4. The van der Waals surface area contributed by atoms with Crippen LogP contribution in [0.25, 0.3) is 0 Å². The maximum Gasteiger partial charge on any atom is 0.407 e. The highest BCUT2D eigenvalue weighted by molar-refractivity contribution is 5.44. The van der Waals surface area contributed by atoms with Gasteiger partial charge < -0.3 is 10.8 Å². The van der Waals surface area contributed by atoms with Crippen LogP contribution in [0.15, 0.2) is 18.2 Å². The van der Waals surface area contributed by atoms with Crippen LogP contribution in [0.2, 0.25) is 0 Å². The zero-order valence-corrected chi connectivity index (χ0v) is 9.05. The summed E-state index contributed by atoms with van der Waals surface area (Å²) in [7, 11) is 0. The summed E-state index contributed by atoms with van der Waals surface area (Å²) in [5.74, 6) is -0.414. The Balaban J connectivity index is 3.21. The number of phenols is 1. The summed E-state index contributed by atoms with van der Waals surface area (Å²) in [5, 5.41) is 9.71. The number of rotatable bonds is 2. The first-order valence-corrected chi connectivity index (χ1v) is 4.89. The standard InChI is InChI=1S/C11H14F3NO/c1-6(2)7-4-3-5-8(9(7)16)10(15)11(12,13)14/h3-6,10,16H,15H2,1-2H3/t10-/m0/s1. The van der Waals surface area contributed by atoms with Crippen molar-refractivity contribution in [2.75, 3.05) is 0 Å². The van der Waals surface area contributed by atoms with Gasteiger partial charge in [-0.1, -0.05) is 32.0 Å². The Hall–Kier alpha value is -1.23. The lowest BCUT2D eigenvalue weighted by molar-refractivity contribution is -0.149. The van der Waals surface area contributed by atoms with Crippen LogP contribution in [0.1, 0.15) is 36.9 Å². The number of halogens is 3. The molecule has 0 spiro atoms. The van der Waals surface area contributed by atoms with E-state index in [2.05, 4.69) is 0 Å². The van der Waals surface area contributed by atoms with Gasteiger partial charge in [0.2, 0.25) is 0 Å². The van der Waals surface area contributed by atoms with Gasteiger partial charge in [0, 0.05) is 5.56 Å². The number of nitrogens with two attached hydrogens (primary N) is 1. The van der Waals surface area contributed by atoms with Crippen molar-refractivity contribution >= 4 is 0 Å². The summed E-state index contributed by atoms with van der Waals surface area (Å²) in [6.07, 6.45) is -4.55. The summed E-state index contributed by atoms with van der Waals surface area (Å²) >= 11 is 0. The zero-order valence-electron chi connectivity index (χ0n) is 9.05. The van der Waals surface area contributed by atoms with Crippen LogP contribution in [0, 0.1) is 0 Å². The molecule has 0 saturated heterocycles. The van der Waals surface area contributed by atoms with Gasteiger partial charge in [-0.2, -0.15) is 13.2 Å². The molecule has 90 valence electrons. The van der Waals surface area contributed by atoms with Crippen LogP contribution in [-0.2, 0) is 0 Å². The Bertz CT molecular complexity index is 374. The van der Waals surface area contributed by atoms with Crippen LogP contribution in [0.5, 0.6) is 5.75 Å². The lowest BCUT2D eigenvalue weighted by Gasteiger charge is -2.19. The Labute approximate surface area is 91.9 Å². The van der Waals surface area contributed by atoms with Crippen LogP contribution < -0.4 is 5.73 Å². The smallest absolute Gasteiger partial charge is 0.407 e. The Morgan fingerprint density at radius 2 is 1.69 bits per heavy atom. The predicted octanol–water partition coefficient (Wildman–Crippen LogP) is 3.08. The van der Waals surface area contributed by atoms with Gasteiger partial charge in [0.15, 0.2) is 0 Å². The molecule has 0 amide bonds. The summed E-state index contributed by atoms with van der Waals surface area (Å²) in [5.41, 5.74) is 5.25. The summed E-state index contributed by atoms with van der Waals surface area (Å²) in [6.45, 7) is 3.58. The van der Waals surface area contributed by atoms with Gasteiger partial charge in [-0.15, -0.1) is 0 Å². The third-order valence-electron chi connectivity index (χ3n) is 2.41. The molecule has 1 atom stereocenters. The van der Waals surface area contributed by atoms with Gasteiger partial charge >= 0.3 is 6.18 Å². The van der Waals surface area contributed by atoms with Crippen molar-refractivity contribution in [3.63, 3.8) is 0 Å². The SMILES string of the molecule is CC(C)c1cccc([C@H](N)C(F)(F)F)c1O. The molecule has 0 fully saturated rings. The molecule has 0 bridgehead atoms. The second-order valence-electron chi connectivity index (χ2n) is 3.96. The van der Waals surface area contributed by atoms with Crippen molar-refractivity contribution in [1.82, 2.24) is 0 Å². The average molecular weight is 233 g/mol. The molecule has 0 aliphatic rings. The largest absolute Gasteiger partial charge is 0.507 e. The number of alkyl halides is 3. The van der Waals surface area contributed by atoms with E-state index < -0.39 is 12.2 Å². The Morgan fingerprint density at radius 1 is 1.19 bits per heavy atom. The number of hydrogen-bond donors (Lipinski definition) is 2. The molecule has 5 heteroatoms. The molecule has 16 heavy (non-hydrogen) atoms. The van der Waals surface area contributed by atoms with E-state index in [1.165, 1.54) is 12.1 Å². The van der Waals surface area contributed by atoms with Crippen molar-refractivity contribution in [2.24, 2.45) is 5.73 Å². The zero-order chi connectivity index (χ0) is 12.5. The van der Waals surface area contributed by atoms with E-state index in [1.807, 2.05) is 0 Å². The molecule has 0 heterocycles. The number of benzene rings is 1. The van der Waals surface area contributed by atoms with Crippen molar-refractivity contribution in [3.05, 3.63) is 29.3 Å². The third-order valence-corrected chi connectivity index (χ3v) is 2.41. The monoisotopic (exact) mass is 233 g/mol. The lowest BCUT2D eigenvalue weighted by Crippen LogP contribution is -2.28. The molecule has 0 aliphatic heterocycles. The highest BCUT2D eigenvalue weighted by atomic mass is 19.4. The van der Waals surface area contributed by atoms with Crippen LogP contribution in [-0.4, -0.2) is 11.3 Å². The molecule has 3 N–H and O–H groups in total. The quantitative estimate of drug-likeness (QED) is 0.824. The fourth-order valence-electron chi connectivity index (χ4n) is 1.47. The van der Waals surface area contributed by atoms with Crippen molar-refractivity contribution in [1.29, 1.82) is 0 Å². The van der Waals surface area contributed by atoms with E-state index >= 15 is 0 Å². The molecule has 1 aromatic carbocycles. The molecule has 0 aromatic heterocycles. The second kappa shape index (κ2) is 4.33. The third kappa shape index (κ3) is 2.47. The van der Waals surface area contributed by atoms with E-state index in [4.69, 9.17) is 5.73 Å². The molecule has 0 radical (unpaired) electrons.